The summed E-state index contributed by atoms with van der Waals surface area (Å²) in [5.74, 6) is 2.28. The van der Waals surface area contributed by atoms with E-state index < -0.39 is 0 Å². The normalized spacial score (nSPS) is 19.5. The van der Waals surface area contributed by atoms with Crippen molar-refractivity contribution in [3.63, 3.8) is 0 Å². The Morgan fingerprint density at radius 2 is 1.70 bits per heavy atom. The highest BCUT2D eigenvalue weighted by atomic mass is 19.1. The number of halogens is 1. The largest absolute Gasteiger partial charge is 0.493 e. The predicted octanol–water partition coefficient (Wildman–Crippen LogP) is 5.43. The minimum Gasteiger partial charge on any atom is -0.493 e. The lowest BCUT2D eigenvalue weighted by Crippen LogP contribution is -2.13. The maximum Gasteiger partial charge on any atom is 0.231 e. The van der Waals surface area contributed by atoms with Crippen molar-refractivity contribution < 1.29 is 18.6 Å². The van der Waals surface area contributed by atoms with Crippen molar-refractivity contribution in [2.45, 2.75) is 46.1 Å². The molecule has 2 heterocycles. The molecule has 0 aliphatic carbocycles. The molecule has 0 saturated carbocycles. The second-order valence-electron chi connectivity index (χ2n) is 5.90. The fourth-order valence-corrected chi connectivity index (χ4v) is 3.32. The molecule has 2 aliphatic rings. The van der Waals surface area contributed by atoms with E-state index in [9.17, 15) is 4.39 Å². The van der Waals surface area contributed by atoms with E-state index >= 15 is 0 Å². The van der Waals surface area contributed by atoms with Crippen molar-refractivity contribution in [1.29, 1.82) is 0 Å². The molecule has 1 N–H and O–H groups in total. The zero-order valence-corrected chi connectivity index (χ0v) is 16.8. The topological polar surface area (TPSA) is 39.7 Å². The lowest BCUT2D eigenvalue weighted by molar-refractivity contribution is 0.171. The highest BCUT2D eigenvalue weighted by Crippen LogP contribution is 2.45. The Kier molecular flexibility index (Phi) is 7.92. The summed E-state index contributed by atoms with van der Waals surface area (Å²) in [7, 11) is 1.63. The first-order chi connectivity index (χ1) is 13.2. The average molecular weight is 375 g/mol. The van der Waals surface area contributed by atoms with Crippen molar-refractivity contribution in [3.05, 3.63) is 53.3 Å². The van der Waals surface area contributed by atoms with Gasteiger partial charge in [-0.3, -0.25) is 0 Å². The third-order valence-corrected chi connectivity index (χ3v) is 4.56. The van der Waals surface area contributed by atoms with Gasteiger partial charge in [0, 0.05) is 12.6 Å². The number of benzene rings is 2. The molecule has 2 aromatic rings. The van der Waals surface area contributed by atoms with Gasteiger partial charge in [-0.1, -0.05) is 39.8 Å². The minimum absolute atomic E-state index is 0.205. The lowest BCUT2D eigenvalue weighted by atomic mass is 9.93. The number of methoxy groups -OCH3 is 1. The Bertz CT molecular complexity index is 718. The van der Waals surface area contributed by atoms with Crippen molar-refractivity contribution in [1.82, 2.24) is 5.32 Å². The van der Waals surface area contributed by atoms with Gasteiger partial charge >= 0.3 is 0 Å². The Labute approximate surface area is 161 Å². The van der Waals surface area contributed by atoms with Gasteiger partial charge in [0.2, 0.25) is 12.5 Å². The van der Waals surface area contributed by atoms with E-state index in [1.165, 1.54) is 17.7 Å². The standard InChI is InChI=1S/C18H18FNO3.2C2H6/c1-21-16-7-12(8-17-18(16)23-10-22-17)13-6-15(20-9-13)11-2-4-14(19)5-3-11;2*1-2/h2-5,7-8,13,15,20H,6,9-10H2,1H3;2*1-2H3. The Balaban J connectivity index is 0.000000614. The van der Waals surface area contributed by atoms with Crippen molar-refractivity contribution in [2.75, 3.05) is 20.4 Å². The molecule has 2 unspecified atom stereocenters. The molecule has 2 atom stereocenters. The molecular weight excluding hydrogens is 345 g/mol. The number of fused-ring (bicyclic) bond motifs is 1. The van der Waals surface area contributed by atoms with E-state index in [2.05, 4.69) is 5.32 Å². The molecule has 1 saturated heterocycles. The van der Waals surface area contributed by atoms with E-state index in [1.54, 1.807) is 7.11 Å². The Morgan fingerprint density at radius 1 is 1.00 bits per heavy atom. The van der Waals surface area contributed by atoms with Crippen molar-refractivity contribution in [2.24, 2.45) is 0 Å². The van der Waals surface area contributed by atoms with E-state index in [0.717, 1.165) is 24.3 Å². The van der Waals surface area contributed by atoms with E-state index in [-0.39, 0.29) is 18.7 Å². The molecule has 4 rings (SSSR count). The third-order valence-electron chi connectivity index (χ3n) is 4.56. The number of hydrogen-bond acceptors (Lipinski definition) is 4. The molecule has 0 aromatic heterocycles. The van der Waals surface area contributed by atoms with Gasteiger partial charge in [-0.25, -0.2) is 4.39 Å². The highest BCUT2D eigenvalue weighted by molar-refractivity contribution is 5.56. The van der Waals surface area contributed by atoms with Crippen LogP contribution in [0.3, 0.4) is 0 Å². The van der Waals surface area contributed by atoms with Crippen LogP contribution in [0.4, 0.5) is 4.39 Å². The summed E-state index contributed by atoms with van der Waals surface area (Å²) in [4.78, 5) is 0. The maximum atomic E-state index is 13.1. The Hall–Kier alpha value is -2.27. The summed E-state index contributed by atoms with van der Waals surface area (Å²) in [6.45, 7) is 9.10. The zero-order chi connectivity index (χ0) is 19.8. The number of ether oxygens (including phenoxy) is 3. The van der Waals surface area contributed by atoms with Gasteiger partial charge in [0.05, 0.1) is 7.11 Å². The van der Waals surface area contributed by atoms with Gasteiger partial charge in [0.25, 0.3) is 0 Å². The monoisotopic (exact) mass is 375 g/mol. The molecule has 1 fully saturated rings. The summed E-state index contributed by atoms with van der Waals surface area (Å²) in [6.07, 6.45) is 0.953. The van der Waals surface area contributed by atoms with E-state index in [0.29, 0.717) is 17.4 Å². The smallest absolute Gasteiger partial charge is 0.231 e. The average Bonchev–Trinajstić information content (AvgIpc) is 3.40. The second-order valence-corrected chi connectivity index (χ2v) is 5.90. The van der Waals surface area contributed by atoms with Crippen molar-refractivity contribution in [3.8, 4) is 17.2 Å². The van der Waals surface area contributed by atoms with Crippen LogP contribution in [0.1, 0.15) is 57.2 Å². The fraction of sp³-hybridized carbons (Fsp3) is 0.455. The third kappa shape index (κ3) is 4.72. The molecule has 2 aromatic carbocycles. The maximum absolute atomic E-state index is 13.1. The summed E-state index contributed by atoms with van der Waals surface area (Å²) in [6, 6.07) is 11.0. The number of hydrogen-bond donors (Lipinski definition) is 1. The summed E-state index contributed by atoms with van der Waals surface area (Å²) in [5, 5.41) is 3.51. The summed E-state index contributed by atoms with van der Waals surface area (Å²) < 4.78 is 29.4. The molecule has 2 aliphatic heterocycles. The quantitative estimate of drug-likeness (QED) is 0.776. The fourth-order valence-electron chi connectivity index (χ4n) is 3.32. The SMILES string of the molecule is CC.CC.COc1cc(C2CNC(c3ccc(F)cc3)C2)cc2c1OCO2. The molecule has 5 heteroatoms. The first-order valence-corrected chi connectivity index (χ1v) is 9.71. The summed E-state index contributed by atoms with van der Waals surface area (Å²) in [5.41, 5.74) is 2.28. The molecule has 4 nitrogen and oxygen atoms in total. The van der Waals surface area contributed by atoms with Crippen LogP contribution >= 0.6 is 0 Å². The van der Waals surface area contributed by atoms with Crippen LogP contribution < -0.4 is 19.5 Å². The second kappa shape index (κ2) is 10.2. The van der Waals surface area contributed by atoms with Crippen LogP contribution in [0.5, 0.6) is 17.2 Å². The van der Waals surface area contributed by atoms with Crippen LogP contribution in [0.2, 0.25) is 0 Å². The lowest BCUT2D eigenvalue weighted by Gasteiger charge is -2.13. The summed E-state index contributed by atoms with van der Waals surface area (Å²) >= 11 is 0. The molecule has 27 heavy (non-hydrogen) atoms. The predicted molar refractivity (Wildman–Crippen MR) is 106 cm³/mol. The zero-order valence-electron chi connectivity index (χ0n) is 16.8. The van der Waals surface area contributed by atoms with Crippen LogP contribution in [-0.2, 0) is 0 Å². The van der Waals surface area contributed by atoms with E-state index in [4.69, 9.17) is 14.2 Å². The molecule has 148 valence electrons. The van der Waals surface area contributed by atoms with Crippen LogP contribution in [-0.4, -0.2) is 20.4 Å². The van der Waals surface area contributed by atoms with Gasteiger partial charge < -0.3 is 19.5 Å². The molecule has 0 radical (unpaired) electrons. The number of rotatable bonds is 3. The van der Waals surface area contributed by atoms with Gasteiger partial charge in [-0.15, -0.1) is 0 Å². The van der Waals surface area contributed by atoms with Crippen molar-refractivity contribution >= 4 is 0 Å². The van der Waals surface area contributed by atoms with Crippen LogP contribution in [0.15, 0.2) is 36.4 Å². The van der Waals surface area contributed by atoms with Crippen LogP contribution in [0.25, 0.3) is 0 Å². The molecule has 0 spiro atoms. The van der Waals surface area contributed by atoms with Gasteiger partial charge in [0.1, 0.15) is 5.82 Å². The highest BCUT2D eigenvalue weighted by Gasteiger charge is 2.29. The Morgan fingerprint density at radius 3 is 2.37 bits per heavy atom. The molecule has 0 amide bonds. The first kappa shape index (κ1) is 21.0. The first-order valence-electron chi connectivity index (χ1n) is 9.71. The molecule has 0 bridgehead atoms. The van der Waals surface area contributed by atoms with Gasteiger partial charge in [0.15, 0.2) is 11.5 Å². The number of nitrogens with one attached hydrogen (secondary N) is 1. The van der Waals surface area contributed by atoms with Crippen LogP contribution in [0, 0.1) is 5.82 Å². The molecular formula is C22H30FNO3. The van der Waals surface area contributed by atoms with E-state index in [1.807, 2.05) is 52.0 Å². The van der Waals surface area contributed by atoms with Gasteiger partial charge in [-0.2, -0.15) is 0 Å². The minimum atomic E-state index is -0.205. The van der Waals surface area contributed by atoms with Gasteiger partial charge in [-0.05, 0) is 47.7 Å².